The van der Waals surface area contributed by atoms with Crippen molar-refractivity contribution in [2.45, 2.75) is 77.5 Å². The summed E-state index contributed by atoms with van der Waals surface area (Å²) in [6.45, 7) is 17.3. The zero-order valence-corrected chi connectivity index (χ0v) is 44.8. The van der Waals surface area contributed by atoms with E-state index in [9.17, 15) is 19.5 Å². The van der Waals surface area contributed by atoms with Gasteiger partial charge >= 0.3 is 0 Å². The van der Waals surface area contributed by atoms with Crippen molar-refractivity contribution in [2.24, 2.45) is 11.8 Å². The molecular weight excluding hydrogens is 982 g/mol. The van der Waals surface area contributed by atoms with Crippen LogP contribution in [0.2, 0.25) is 0 Å². The molecule has 0 spiro atoms. The van der Waals surface area contributed by atoms with E-state index in [1.165, 1.54) is 11.0 Å². The first-order valence-electron chi connectivity index (χ1n) is 26.9. The van der Waals surface area contributed by atoms with Crippen LogP contribution in [0.3, 0.4) is 0 Å². The number of hydrogen-bond donors (Lipinski definition) is 3. The van der Waals surface area contributed by atoms with Crippen LogP contribution in [-0.2, 0) is 9.59 Å². The third-order valence-corrected chi connectivity index (χ3v) is 16.8. The van der Waals surface area contributed by atoms with Crippen LogP contribution in [0.5, 0.6) is 0 Å². The van der Waals surface area contributed by atoms with Crippen molar-refractivity contribution >= 4 is 57.8 Å². The lowest BCUT2D eigenvalue weighted by Gasteiger charge is -2.37. The van der Waals surface area contributed by atoms with Gasteiger partial charge < -0.3 is 44.8 Å². The number of piperidine rings is 1. The molecule has 3 aromatic heterocycles. The topological polar surface area (TPSA) is 167 Å². The predicted octanol–water partition coefficient (Wildman–Crippen LogP) is 8.23. The summed E-state index contributed by atoms with van der Waals surface area (Å²) >= 11 is 1.59. The highest BCUT2D eigenvalue weighted by molar-refractivity contribution is 7.13. The minimum atomic E-state index is -0.815. The molecule has 400 valence electrons. The first kappa shape index (κ1) is 52.5. The molecular formula is C58H70FN11O5S. The molecule has 4 fully saturated rings. The van der Waals surface area contributed by atoms with Crippen LogP contribution in [0.4, 0.5) is 33.1 Å². The van der Waals surface area contributed by atoms with Crippen LogP contribution >= 0.6 is 11.3 Å². The number of nitrogens with one attached hydrogen (secondary N) is 2. The lowest BCUT2D eigenvalue weighted by atomic mass is 9.91. The average Bonchev–Trinajstić information content (AvgIpc) is 4.21. The predicted molar refractivity (Wildman–Crippen MR) is 297 cm³/mol. The third-order valence-electron chi connectivity index (χ3n) is 15.9. The van der Waals surface area contributed by atoms with Gasteiger partial charge in [-0.25, -0.2) is 14.4 Å². The molecule has 4 aliphatic heterocycles. The number of halogens is 1. The van der Waals surface area contributed by atoms with E-state index in [-0.39, 0.29) is 42.3 Å². The first-order chi connectivity index (χ1) is 36.8. The summed E-state index contributed by atoms with van der Waals surface area (Å²) in [5, 5.41) is 21.2. The number of anilines is 5. The van der Waals surface area contributed by atoms with E-state index in [0.29, 0.717) is 23.2 Å². The number of amides is 3. The first-order valence-corrected chi connectivity index (χ1v) is 27.8. The second-order valence-corrected chi connectivity index (χ2v) is 22.1. The molecule has 0 bridgehead atoms. The van der Waals surface area contributed by atoms with E-state index in [1.54, 1.807) is 17.4 Å². The Bertz CT molecular complexity index is 2910. The van der Waals surface area contributed by atoms with Crippen LogP contribution < -0.4 is 30.2 Å². The number of carbonyl (C=O) groups excluding carboxylic acids is 3. The van der Waals surface area contributed by atoms with E-state index in [0.717, 1.165) is 130 Å². The van der Waals surface area contributed by atoms with Gasteiger partial charge in [-0.05, 0) is 117 Å². The number of aliphatic hydroxyl groups excluding tert-OH is 1. The monoisotopic (exact) mass is 1050 g/mol. The molecule has 18 heteroatoms. The van der Waals surface area contributed by atoms with Crippen LogP contribution in [0.1, 0.15) is 85.8 Å². The number of aryl methyl sites for hydroxylation is 1. The highest BCUT2D eigenvalue weighted by atomic mass is 32.1. The van der Waals surface area contributed by atoms with Crippen LogP contribution in [0, 0.1) is 24.6 Å². The summed E-state index contributed by atoms with van der Waals surface area (Å²) in [5.41, 5.74) is 7.34. The summed E-state index contributed by atoms with van der Waals surface area (Å²) in [4.78, 5) is 64.4. The molecule has 4 saturated heterocycles. The Morgan fingerprint density at radius 2 is 1.47 bits per heavy atom. The molecule has 0 aliphatic carbocycles. The van der Waals surface area contributed by atoms with Crippen LogP contribution in [0.25, 0.3) is 10.4 Å². The maximum Gasteiger partial charge on any atom is 0.258 e. The summed E-state index contributed by atoms with van der Waals surface area (Å²) in [6.07, 6.45) is 4.28. The van der Waals surface area contributed by atoms with Gasteiger partial charge in [0.15, 0.2) is 11.6 Å². The zero-order valence-electron chi connectivity index (χ0n) is 44.0. The maximum absolute atomic E-state index is 15.5. The lowest BCUT2D eigenvalue weighted by Crippen LogP contribution is -2.48. The molecule has 76 heavy (non-hydrogen) atoms. The Balaban J connectivity index is 0.650. The molecule has 0 unspecified atom stereocenters. The molecule has 3 N–H and O–H groups in total. The van der Waals surface area contributed by atoms with Crippen molar-refractivity contribution in [1.29, 1.82) is 0 Å². The minimum absolute atomic E-state index is 0.0229. The molecule has 4 atom stereocenters. The van der Waals surface area contributed by atoms with Crippen molar-refractivity contribution in [3.8, 4) is 10.4 Å². The molecule has 16 nitrogen and oxygen atoms in total. The maximum atomic E-state index is 15.5. The number of piperazine rings is 2. The number of pyridine rings is 1. The smallest absolute Gasteiger partial charge is 0.258 e. The Morgan fingerprint density at radius 1 is 0.789 bits per heavy atom. The molecule has 7 heterocycles. The number of nitrogens with zero attached hydrogens (tertiary/aromatic N) is 9. The standard InChI is InChI=1S/C58H70FN11O5S/c1-38(2)54(58(74)70-36-47(71)34-50(70)57(73)62-39(3)42-8-10-43(11-9-42)55-40(4)61-37-76-55)51-35-53(64-75-51)69-27-25-65(26-28-69)22-18-41-19-23-66(24-20-41)46-16-17-48(49(59)33-46)56(72)63-44-12-14-45(15-13-44)67-29-31-68(32-30-67)52-7-5-6-21-60-52/h5-17,21,33,35,37-39,41,47,50,54,71H,18-20,22-32,34,36H2,1-4H3,(H,62,73)(H,63,72)/t39-,47+,50-,54+/m0/s1. The van der Waals surface area contributed by atoms with Crippen molar-refractivity contribution in [2.75, 3.05) is 103 Å². The van der Waals surface area contributed by atoms with Crippen LogP contribution in [-0.4, -0.2) is 138 Å². The average molecular weight is 1050 g/mol. The Kier molecular flexibility index (Phi) is 16.3. The third kappa shape index (κ3) is 12.0. The highest BCUT2D eigenvalue weighted by Crippen LogP contribution is 2.35. The number of thiazole rings is 1. The number of benzene rings is 3. The van der Waals surface area contributed by atoms with Gasteiger partial charge in [-0.1, -0.05) is 49.3 Å². The fraction of sp³-hybridized carbons (Fsp3) is 0.448. The van der Waals surface area contributed by atoms with Crippen molar-refractivity contribution < 1.29 is 28.4 Å². The van der Waals surface area contributed by atoms with E-state index >= 15 is 4.39 Å². The van der Waals surface area contributed by atoms with Gasteiger partial charge in [-0.2, -0.15) is 0 Å². The number of rotatable bonds is 16. The van der Waals surface area contributed by atoms with Gasteiger partial charge in [-0.3, -0.25) is 19.3 Å². The van der Waals surface area contributed by atoms with Gasteiger partial charge in [0, 0.05) is 108 Å². The number of carbonyl (C=O) groups is 3. The lowest BCUT2D eigenvalue weighted by molar-refractivity contribution is -0.141. The van der Waals surface area contributed by atoms with Gasteiger partial charge in [0.05, 0.1) is 33.8 Å². The van der Waals surface area contributed by atoms with E-state index in [2.05, 4.69) is 50.3 Å². The van der Waals surface area contributed by atoms with Crippen molar-refractivity contribution in [3.63, 3.8) is 0 Å². The molecule has 3 amide bonds. The largest absolute Gasteiger partial charge is 0.391 e. The van der Waals surface area contributed by atoms with Gasteiger partial charge in [0.2, 0.25) is 11.8 Å². The Labute approximate surface area is 448 Å². The quantitative estimate of drug-likeness (QED) is 0.0850. The van der Waals surface area contributed by atoms with Crippen molar-refractivity contribution in [3.05, 3.63) is 131 Å². The second-order valence-electron chi connectivity index (χ2n) is 21.2. The number of likely N-dealkylation sites (tertiary alicyclic amines) is 1. The minimum Gasteiger partial charge on any atom is -0.391 e. The molecule has 0 radical (unpaired) electrons. The van der Waals surface area contributed by atoms with Crippen molar-refractivity contribution in [1.82, 2.24) is 30.2 Å². The van der Waals surface area contributed by atoms with Gasteiger partial charge in [0.1, 0.15) is 23.6 Å². The van der Waals surface area contributed by atoms with E-state index in [4.69, 9.17) is 4.52 Å². The number of aromatic nitrogens is 3. The summed E-state index contributed by atoms with van der Waals surface area (Å²) in [7, 11) is 0. The molecule has 4 aliphatic rings. The Hall–Kier alpha value is -6.89. The molecule has 10 rings (SSSR count). The zero-order chi connectivity index (χ0) is 52.9. The Morgan fingerprint density at radius 3 is 2.14 bits per heavy atom. The number of β-amino-alcohol motifs (C(OH)–C–C–N with tert-alkyl or cyclic N) is 1. The van der Waals surface area contributed by atoms with Gasteiger partial charge in [-0.15, -0.1) is 11.3 Å². The summed E-state index contributed by atoms with van der Waals surface area (Å²) < 4.78 is 21.4. The fourth-order valence-electron chi connectivity index (χ4n) is 11.3. The highest BCUT2D eigenvalue weighted by Gasteiger charge is 2.44. The van der Waals surface area contributed by atoms with E-state index < -0.39 is 29.8 Å². The van der Waals surface area contributed by atoms with Gasteiger partial charge in [0.25, 0.3) is 5.91 Å². The number of aliphatic hydroxyl groups is 1. The molecule has 0 saturated carbocycles. The van der Waals surface area contributed by atoms with E-state index in [1.807, 2.05) is 118 Å². The summed E-state index contributed by atoms with van der Waals surface area (Å²) in [5.74, 6) is 0.334. The number of hydrogen-bond acceptors (Lipinski definition) is 14. The molecule has 3 aromatic carbocycles. The fourth-order valence-corrected chi connectivity index (χ4v) is 12.1. The summed E-state index contributed by atoms with van der Waals surface area (Å²) in [6, 6.07) is 27.5. The molecule has 6 aromatic rings. The second kappa shape index (κ2) is 23.6. The normalized spacial score (nSPS) is 19.5. The SMILES string of the molecule is Cc1ncsc1-c1ccc([C@H](C)NC(=O)[C@@H]2C[C@@H](O)CN2C(=O)[C@@H](c2cc(N3CCN(CCC4CCN(c5ccc(C(=O)Nc6ccc(N7CCN(c8ccccn8)CC7)cc6)c(F)c5)CC4)CC3)no2)C(C)C)cc1. The van der Waals surface area contributed by atoms with Crippen LogP contribution in [0.15, 0.2) is 107 Å².